The van der Waals surface area contributed by atoms with E-state index in [4.69, 9.17) is 4.74 Å². The van der Waals surface area contributed by atoms with E-state index in [1.54, 1.807) is 26.0 Å². The second-order valence-corrected chi connectivity index (χ2v) is 4.24. The number of anilines is 1. The van der Waals surface area contributed by atoms with Gasteiger partial charge in [0.05, 0.1) is 19.1 Å². The molecular weight excluding hydrogens is 206 g/mol. The molecule has 16 heavy (non-hydrogen) atoms. The van der Waals surface area contributed by atoms with Crippen LogP contribution in [0.15, 0.2) is 18.2 Å². The third-order valence-electron chi connectivity index (χ3n) is 3.25. The lowest BCUT2D eigenvalue weighted by molar-refractivity contribution is -0.123. The molecule has 0 radical (unpaired) electrons. The van der Waals surface area contributed by atoms with Crippen LogP contribution in [0.5, 0.6) is 5.75 Å². The number of amides is 1. The van der Waals surface area contributed by atoms with Gasteiger partial charge < -0.3 is 14.7 Å². The third kappa shape index (κ3) is 1.23. The number of rotatable bonds is 2. The molecule has 1 aromatic rings. The third-order valence-corrected chi connectivity index (χ3v) is 3.25. The van der Waals surface area contributed by atoms with Gasteiger partial charge in [0, 0.05) is 12.7 Å². The molecule has 1 N–H and O–H groups in total. The van der Waals surface area contributed by atoms with E-state index < -0.39 is 5.41 Å². The summed E-state index contributed by atoms with van der Waals surface area (Å²) in [5.41, 5.74) is 0.808. The van der Waals surface area contributed by atoms with E-state index in [0.29, 0.717) is 5.75 Å². The Labute approximate surface area is 94.4 Å². The van der Waals surface area contributed by atoms with E-state index in [-0.39, 0.29) is 12.5 Å². The maximum Gasteiger partial charge on any atom is 0.239 e. The van der Waals surface area contributed by atoms with Crippen LogP contribution < -0.4 is 9.64 Å². The largest absolute Gasteiger partial charge is 0.497 e. The normalized spacial score (nSPS) is 23.5. The molecule has 1 aliphatic heterocycles. The predicted molar refractivity (Wildman–Crippen MR) is 60.8 cm³/mol. The van der Waals surface area contributed by atoms with Gasteiger partial charge in [0.1, 0.15) is 5.75 Å². The van der Waals surface area contributed by atoms with E-state index in [1.807, 2.05) is 18.2 Å². The molecule has 0 aliphatic carbocycles. The van der Waals surface area contributed by atoms with Crippen LogP contribution in [-0.4, -0.2) is 31.8 Å². The average molecular weight is 221 g/mol. The number of methoxy groups -OCH3 is 1. The van der Waals surface area contributed by atoms with Crippen LogP contribution in [0.4, 0.5) is 5.69 Å². The second kappa shape index (κ2) is 3.49. The Morgan fingerprint density at radius 1 is 1.50 bits per heavy atom. The predicted octanol–water partition coefficient (Wildman–Crippen LogP) is 0.922. The van der Waals surface area contributed by atoms with Gasteiger partial charge in [0.2, 0.25) is 5.91 Å². The van der Waals surface area contributed by atoms with Crippen LogP contribution in [0.2, 0.25) is 0 Å². The molecule has 1 aromatic carbocycles. The van der Waals surface area contributed by atoms with Crippen molar-refractivity contribution in [3.63, 3.8) is 0 Å². The number of fused-ring (bicyclic) bond motifs is 1. The molecule has 0 saturated carbocycles. The summed E-state index contributed by atoms with van der Waals surface area (Å²) >= 11 is 0. The van der Waals surface area contributed by atoms with E-state index >= 15 is 0 Å². The fourth-order valence-electron chi connectivity index (χ4n) is 2.12. The number of ether oxygens (including phenoxy) is 1. The molecule has 1 heterocycles. The maximum atomic E-state index is 12.0. The number of hydrogen-bond acceptors (Lipinski definition) is 3. The van der Waals surface area contributed by atoms with Crippen LogP contribution in [-0.2, 0) is 10.2 Å². The van der Waals surface area contributed by atoms with Crippen molar-refractivity contribution in [2.45, 2.75) is 12.3 Å². The minimum absolute atomic E-state index is 0.0850. The molecule has 1 aliphatic rings. The Morgan fingerprint density at radius 2 is 2.19 bits per heavy atom. The number of nitrogens with zero attached hydrogens (tertiary/aromatic N) is 1. The van der Waals surface area contributed by atoms with E-state index in [9.17, 15) is 9.90 Å². The summed E-state index contributed by atoms with van der Waals surface area (Å²) in [6, 6.07) is 5.46. The van der Waals surface area contributed by atoms with Crippen LogP contribution in [0, 0.1) is 0 Å². The summed E-state index contributed by atoms with van der Waals surface area (Å²) in [7, 11) is 3.30. The summed E-state index contributed by atoms with van der Waals surface area (Å²) in [4.78, 5) is 13.6. The zero-order valence-corrected chi connectivity index (χ0v) is 9.65. The topological polar surface area (TPSA) is 49.8 Å². The SMILES string of the molecule is COc1ccc2c(c1)[C@](C)(CO)C(=O)N2C. The van der Waals surface area contributed by atoms with Crippen molar-refractivity contribution >= 4 is 11.6 Å². The average Bonchev–Trinajstić information content (AvgIpc) is 2.52. The first-order chi connectivity index (χ1) is 7.54. The van der Waals surface area contributed by atoms with Crippen molar-refractivity contribution < 1.29 is 14.6 Å². The fourth-order valence-corrected chi connectivity index (χ4v) is 2.12. The number of carbonyl (C=O) groups excluding carboxylic acids is 1. The Morgan fingerprint density at radius 3 is 2.75 bits per heavy atom. The van der Waals surface area contributed by atoms with Gasteiger partial charge in [-0.25, -0.2) is 0 Å². The fraction of sp³-hybridized carbons (Fsp3) is 0.417. The minimum atomic E-state index is -0.849. The van der Waals surface area contributed by atoms with E-state index in [0.717, 1.165) is 11.3 Å². The van der Waals surface area contributed by atoms with E-state index in [1.165, 1.54) is 0 Å². The number of likely N-dealkylation sites (N-methyl/N-ethyl adjacent to an activating group) is 1. The summed E-state index contributed by atoms with van der Waals surface area (Å²) in [5, 5.41) is 9.44. The first-order valence-electron chi connectivity index (χ1n) is 5.12. The highest BCUT2D eigenvalue weighted by atomic mass is 16.5. The van der Waals surface area contributed by atoms with Gasteiger partial charge in [-0.05, 0) is 30.7 Å². The Kier molecular flexibility index (Phi) is 2.39. The monoisotopic (exact) mass is 221 g/mol. The Bertz CT molecular complexity index is 444. The lowest BCUT2D eigenvalue weighted by atomic mass is 9.84. The lowest BCUT2D eigenvalue weighted by Gasteiger charge is -2.19. The van der Waals surface area contributed by atoms with Crippen molar-refractivity contribution in [3.05, 3.63) is 23.8 Å². The molecule has 4 nitrogen and oxygen atoms in total. The standard InChI is InChI=1S/C12H15NO3/c1-12(7-14)9-6-8(16-3)4-5-10(9)13(2)11(12)15/h4-6,14H,7H2,1-3H3/t12-/m0/s1. The molecular formula is C12H15NO3. The highest BCUT2D eigenvalue weighted by Gasteiger charge is 2.45. The molecule has 4 heteroatoms. The van der Waals surface area contributed by atoms with Crippen molar-refractivity contribution in [1.29, 1.82) is 0 Å². The molecule has 1 amide bonds. The molecule has 0 bridgehead atoms. The number of carbonyl (C=O) groups is 1. The highest BCUT2D eigenvalue weighted by molar-refractivity contribution is 6.07. The van der Waals surface area contributed by atoms with Crippen LogP contribution in [0.1, 0.15) is 12.5 Å². The van der Waals surface area contributed by atoms with Crippen LogP contribution >= 0.6 is 0 Å². The second-order valence-electron chi connectivity index (χ2n) is 4.24. The first-order valence-corrected chi connectivity index (χ1v) is 5.12. The van der Waals surface area contributed by atoms with Gasteiger partial charge in [-0.1, -0.05) is 0 Å². The van der Waals surface area contributed by atoms with Gasteiger partial charge in [0.15, 0.2) is 0 Å². The van der Waals surface area contributed by atoms with Gasteiger partial charge >= 0.3 is 0 Å². The Hall–Kier alpha value is -1.55. The molecule has 2 rings (SSSR count). The number of hydrogen-bond donors (Lipinski definition) is 1. The van der Waals surface area contributed by atoms with E-state index in [2.05, 4.69) is 0 Å². The molecule has 1 atom stereocenters. The van der Waals surface area contributed by atoms with Gasteiger partial charge in [0.25, 0.3) is 0 Å². The number of benzene rings is 1. The Balaban J connectivity index is 2.62. The van der Waals surface area contributed by atoms with Gasteiger partial charge in [-0.3, -0.25) is 4.79 Å². The van der Waals surface area contributed by atoms with Crippen molar-refractivity contribution in [2.24, 2.45) is 0 Å². The quantitative estimate of drug-likeness (QED) is 0.808. The van der Waals surface area contributed by atoms with Crippen LogP contribution in [0.25, 0.3) is 0 Å². The zero-order valence-electron chi connectivity index (χ0n) is 9.65. The number of aliphatic hydroxyl groups is 1. The zero-order chi connectivity index (χ0) is 11.9. The first kappa shape index (κ1) is 11.0. The molecule has 0 aromatic heterocycles. The molecule has 0 saturated heterocycles. The van der Waals surface area contributed by atoms with Crippen molar-refractivity contribution in [2.75, 3.05) is 25.7 Å². The summed E-state index contributed by atoms with van der Waals surface area (Å²) in [6.07, 6.45) is 0. The number of aliphatic hydroxyl groups excluding tert-OH is 1. The smallest absolute Gasteiger partial charge is 0.239 e. The van der Waals surface area contributed by atoms with Crippen molar-refractivity contribution in [1.82, 2.24) is 0 Å². The van der Waals surface area contributed by atoms with Gasteiger partial charge in [-0.2, -0.15) is 0 Å². The molecule has 0 unspecified atom stereocenters. The molecule has 0 spiro atoms. The molecule has 0 fully saturated rings. The maximum absolute atomic E-state index is 12.0. The van der Waals surface area contributed by atoms with Gasteiger partial charge in [-0.15, -0.1) is 0 Å². The summed E-state index contributed by atoms with van der Waals surface area (Å²) in [6.45, 7) is 1.55. The minimum Gasteiger partial charge on any atom is -0.497 e. The molecule has 86 valence electrons. The highest BCUT2D eigenvalue weighted by Crippen LogP contribution is 2.42. The lowest BCUT2D eigenvalue weighted by Crippen LogP contribution is -2.38. The summed E-state index contributed by atoms with van der Waals surface area (Å²) in [5.74, 6) is 0.611. The summed E-state index contributed by atoms with van der Waals surface area (Å²) < 4.78 is 5.14. The van der Waals surface area contributed by atoms with Crippen LogP contribution in [0.3, 0.4) is 0 Å². The van der Waals surface area contributed by atoms with Crippen molar-refractivity contribution in [3.8, 4) is 5.75 Å².